The highest BCUT2D eigenvalue weighted by atomic mass is 35.5. The molecule has 5 heteroatoms. The largest absolute Gasteiger partial charge is 0.494 e. The molecule has 0 fully saturated rings. The van der Waals surface area contributed by atoms with Crippen molar-refractivity contribution in [3.8, 4) is 5.75 Å². The van der Waals surface area contributed by atoms with Gasteiger partial charge in [-0.2, -0.15) is 0 Å². The van der Waals surface area contributed by atoms with Gasteiger partial charge in [0.15, 0.2) is 0 Å². The third kappa shape index (κ3) is 3.78. The molecule has 0 aliphatic rings. The van der Waals surface area contributed by atoms with Crippen LogP contribution in [0.2, 0.25) is 10.0 Å². The van der Waals surface area contributed by atoms with Crippen LogP contribution >= 0.6 is 23.2 Å². The Bertz CT molecular complexity index is 581. The monoisotopic (exact) mass is 313 g/mol. The normalized spacial score (nSPS) is 10.4. The first-order chi connectivity index (χ1) is 9.60. The van der Waals surface area contributed by atoms with E-state index in [4.69, 9.17) is 27.9 Å². The molecule has 0 saturated heterocycles. The maximum absolute atomic E-state index is 13.1. The van der Waals surface area contributed by atoms with Gasteiger partial charge in [-0.15, -0.1) is 0 Å². The Hall–Kier alpha value is -1.45. The van der Waals surface area contributed by atoms with Gasteiger partial charge in [-0.05, 0) is 36.8 Å². The smallest absolute Gasteiger partial charge is 0.126 e. The first-order valence-corrected chi connectivity index (χ1v) is 6.96. The van der Waals surface area contributed by atoms with E-state index >= 15 is 0 Å². The SMILES string of the molecule is CCOc1cccc(CNc2c(Cl)cc(F)cc2Cl)c1. The van der Waals surface area contributed by atoms with Gasteiger partial charge < -0.3 is 10.1 Å². The molecule has 2 aromatic rings. The van der Waals surface area contributed by atoms with Gasteiger partial charge in [0.25, 0.3) is 0 Å². The van der Waals surface area contributed by atoms with E-state index < -0.39 is 5.82 Å². The predicted molar refractivity (Wildman–Crippen MR) is 81.4 cm³/mol. The van der Waals surface area contributed by atoms with Crippen LogP contribution in [0.1, 0.15) is 12.5 Å². The Morgan fingerprint density at radius 2 is 1.85 bits per heavy atom. The van der Waals surface area contributed by atoms with E-state index in [2.05, 4.69) is 5.32 Å². The Labute approximate surface area is 127 Å². The fraction of sp³-hybridized carbons (Fsp3) is 0.200. The summed E-state index contributed by atoms with van der Waals surface area (Å²) >= 11 is 11.9. The zero-order valence-corrected chi connectivity index (χ0v) is 12.4. The van der Waals surface area contributed by atoms with E-state index in [1.54, 1.807) is 0 Å². The van der Waals surface area contributed by atoms with Crippen molar-refractivity contribution in [3.05, 3.63) is 57.8 Å². The molecule has 2 nitrogen and oxygen atoms in total. The third-order valence-electron chi connectivity index (χ3n) is 2.69. The Balaban J connectivity index is 2.11. The molecule has 0 atom stereocenters. The number of ether oxygens (including phenoxy) is 1. The number of benzene rings is 2. The van der Waals surface area contributed by atoms with E-state index in [-0.39, 0.29) is 10.0 Å². The molecular formula is C15H14Cl2FNO. The van der Waals surface area contributed by atoms with E-state index in [0.29, 0.717) is 18.8 Å². The van der Waals surface area contributed by atoms with Gasteiger partial charge in [0, 0.05) is 6.54 Å². The van der Waals surface area contributed by atoms with Gasteiger partial charge in [-0.1, -0.05) is 35.3 Å². The van der Waals surface area contributed by atoms with Gasteiger partial charge in [0.2, 0.25) is 0 Å². The maximum atomic E-state index is 13.1. The molecule has 106 valence electrons. The lowest BCUT2D eigenvalue weighted by Crippen LogP contribution is -2.01. The third-order valence-corrected chi connectivity index (χ3v) is 3.28. The van der Waals surface area contributed by atoms with E-state index in [9.17, 15) is 4.39 Å². The average molecular weight is 314 g/mol. The molecule has 0 heterocycles. The van der Waals surface area contributed by atoms with Crippen molar-refractivity contribution >= 4 is 28.9 Å². The van der Waals surface area contributed by atoms with Crippen LogP contribution in [-0.2, 0) is 6.54 Å². The second kappa shape index (κ2) is 6.82. The van der Waals surface area contributed by atoms with Gasteiger partial charge in [-0.3, -0.25) is 0 Å². The first-order valence-electron chi connectivity index (χ1n) is 6.20. The second-order valence-corrected chi connectivity index (χ2v) is 4.99. The van der Waals surface area contributed by atoms with Crippen molar-refractivity contribution in [3.63, 3.8) is 0 Å². The van der Waals surface area contributed by atoms with Gasteiger partial charge in [-0.25, -0.2) is 4.39 Å². The summed E-state index contributed by atoms with van der Waals surface area (Å²) in [5.74, 6) is 0.354. The molecule has 0 bridgehead atoms. The number of hydrogen-bond donors (Lipinski definition) is 1. The molecule has 0 aromatic heterocycles. The summed E-state index contributed by atoms with van der Waals surface area (Å²) in [5, 5.41) is 3.63. The summed E-state index contributed by atoms with van der Waals surface area (Å²) in [6, 6.07) is 10.2. The van der Waals surface area contributed by atoms with Crippen LogP contribution in [-0.4, -0.2) is 6.61 Å². The van der Waals surface area contributed by atoms with Crippen molar-refractivity contribution < 1.29 is 9.13 Å². The van der Waals surface area contributed by atoms with Crippen molar-refractivity contribution in [1.29, 1.82) is 0 Å². The summed E-state index contributed by atoms with van der Waals surface area (Å²) in [6.07, 6.45) is 0. The summed E-state index contributed by atoms with van der Waals surface area (Å²) in [5.41, 5.74) is 1.55. The van der Waals surface area contributed by atoms with Gasteiger partial charge >= 0.3 is 0 Å². The number of rotatable bonds is 5. The van der Waals surface area contributed by atoms with Crippen molar-refractivity contribution in [2.45, 2.75) is 13.5 Å². The highest BCUT2D eigenvalue weighted by Gasteiger charge is 2.08. The van der Waals surface area contributed by atoms with Crippen LogP contribution in [0, 0.1) is 5.82 Å². The number of nitrogens with one attached hydrogen (secondary N) is 1. The maximum Gasteiger partial charge on any atom is 0.126 e. The zero-order valence-electron chi connectivity index (χ0n) is 10.9. The molecule has 0 spiro atoms. The summed E-state index contributed by atoms with van der Waals surface area (Å²) in [6.45, 7) is 3.07. The standard InChI is InChI=1S/C15H14Cl2FNO/c1-2-20-12-5-3-4-10(6-12)9-19-15-13(16)7-11(18)8-14(15)17/h3-8,19H,2,9H2,1H3. The van der Waals surface area contributed by atoms with E-state index in [1.165, 1.54) is 12.1 Å². The Morgan fingerprint density at radius 1 is 1.15 bits per heavy atom. The Kier molecular flexibility index (Phi) is 5.10. The lowest BCUT2D eigenvalue weighted by molar-refractivity contribution is 0.340. The van der Waals surface area contributed by atoms with Crippen LogP contribution in [0.25, 0.3) is 0 Å². The molecule has 20 heavy (non-hydrogen) atoms. The minimum Gasteiger partial charge on any atom is -0.494 e. The van der Waals surface area contributed by atoms with E-state index in [1.807, 2.05) is 31.2 Å². The van der Waals surface area contributed by atoms with Crippen molar-refractivity contribution in [2.75, 3.05) is 11.9 Å². The fourth-order valence-electron chi connectivity index (χ4n) is 1.81. The fourth-order valence-corrected chi connectivity index (χ4v) is 2.41. The van der Waals surface area contributed by atoms with Gasteiger partial charge in [0.1, 0.15) is 11.6 Å². The lowest BCUT2D eigenvalue weighted by atomic mass is 10.2. The number of hydrogen-bond acceptors (Lipinski definition) is 2. The topological polar surface area (TPSA) is 21.3 Å². The second-order valence-electron chi connectivity index (χ2n) is 4.18. The highest BCUT2D eigenvalue weighted by molar-refractivity contribution is 6.39. The van der Waals surface area contributed by atoms with Crippen LogP contribution in [0.4, 0.5) is 10.1 Å². The van der Waals surface area contributed by atoms with E-state index in [0.717, 1.165) is 11.3 Å². The lowest BCUT2D eigenvalue weighted by Gasteiger charge is -2.11. The van der Waals surface area contributed by atoms with Crippen LogP contribution in [0.5, 0.6) is 5.75 Å². The summed E-state index contributed by atoms with van der Waals surface area (Å²) < 4.78 is 18.5. The summed E-state index contributed by atoms with van der Waals surface area (Å²) in [7, 11) is 0. The average Bonchev–Trinajstić information content (AvgIpc) is 2.38. The number of anilines is 1. The first kappa shape index (κ1) is 14.9. The quantitative estimate of drug-likeness (QED) is 0.824. The predicted octanol–water partition coefficient (Wildman–Crippen LogP) is 5.14. The molecule has 0 saturated carbocycles. The molecule has 1 N–H and O–H groups in total. The van der Waals surface area contributed by atoms with Crippen molar-refractivity contribution in [1.82, 2.24) is 0 Å². The molecule has 0 unspecified atom stereocenters. The highest BCUT2D eigenvalue weighted by Crippen LogP contribution is 2.31. The molecule has 0 aliphatic carbocycles. The molecule has 2 aromatic carbocycles. The van der Waals surface area contributed by atoms with Crippen LogP contribution < -0.4 is 10.1 Å². The minimum absolute atomic E-state index is 0.260. The molecule has 0 amide bonds. The summed E-state index contributed by atoms with van der Waals surface area (Å²) in [4.78, 5) is 0. The molecule has 0 radical (unpaired) electrons. The van der Waals surface area contributed by atoms with Crippen molar-refractivity contribution in [2.24, 2.45) is 0 Å². The molecule has 0 aliphatic heterocycles. The van der Waals surface area contributed by atoms with Gasteiger partial charge in [0.05, 0.1) is 22.3 Å². The molecule has 2 rings (SSSR count). The Morgan fingerprint density at radius 3 is 2.50 bits per heavy atom. The minimum atomic E-state index is -0.455. The number of halogens is 3. The zero-order chi connectivity index (χ0) is 14.5. The van der Waals surface area contributed by atoms with Crippen LogP contribution in [0.3, 0.4) is 0 Å². The molecular weight excluding hydrogens is 300 g/mol. The van der Waals surface area contributed by atoms with Crippen LogP contribution in [0.15, 0.2) is 36.4 Å².